The van der Waals surface area contributed by atoms with Gasteiger partial charge in [-0.2, -0.15) is 4.31 Å². The number of carbonyl (C=O) groups is 1. The van der Waals surface area contributed by atoms with Crippen LogP contribution in [0, 0.1) is 0 Å². The molecule has 2 aromatic carbocycles. The van der Waals surface area contributed by atoms with Gasteiger partial charge in [0.25, 0.3) is 5.91 Å². The van der Waals surface area contributed by atoms with Crippen LogP contribution in [0.25, 0.3) is 0 Å². The van der Waals surface area contributed by atoms with Crippen LogP contribution in [0.15, 0.2) is 47.4 Å². The first-order chi connectivity index (χ1) is 15.3. The zero-order chi connectivity index (χ0) is 22.7. The second-order valence-electron chi connectivity index (χ2n) is 7.96. The Morgan fingerprint density at radius 2 is 1.81 bits per heavy atom. The van der Waals surface area contributed by atoms with Gasteiger partial charge in [0.15, 0.2) is 0 Å². The average Bonchev–Trinajstić information content (AvgIpc) is 3.26. The van der Waals surface area contributed by atoms with E-state index in [2.05, 4.69) is 10.6 Å². The molecule has 7 nitrogen and oxygen atoms in total. The molecule has 2 N–H and O–H groups in total. The third-order valence-electron chi connectivity index (χ3n) is 5.71. The molecule has 2 fully saturated rings. The summed E-state index contributed by atoms with van der Waals surface area (Å²) < 4.78 is 34.2. The maximum Gasteiger partial charge on any atom is 0.251 e. The van der Waals surface area contributed by atoms with E-state index in [4.69, 9.17) is 27.9 Å². The number of hydrogen-bond donors (Lipinski definition) is 2. The van der Waals surface area contributed by atoms with Crippen LogP contribution in [0.4, 0.5) is 0 Å². The lowest BCUT2D eigenvalue weighted by Crippen LogP contribution is -2.38. The van der Waals surface area contributed by atoms with Crippen LogP contribution in [-0.4, -0.2) is 57.0 Å². The highest BCUT2D eigenvalue weighted by molar-refractivity contribution is 7.89. The van der Waals surface area contributed by atoms with Crippen molar-refractivity contribution in [1.82, 2.24) is 14.9 Å². The first-order valence-electron chi connectivity index (χ1n) is 10.6. The fourth-order valence-corrected chi connectivity index (χ4v) is 5.88. The Bertz CT molecular complexity index is 1090. The van der Waals surface area contributed by atoms with Gasteiger partial charge >= 0.3 is 0 Å². The zero-order valence-corrected chi connectivity index (χ0v) is 19.7. The predicted octanol–water partition coefficient (Wildman–Crippen LogP) is 3.32. The molecular weight excluding hydrogens is 473 g/mol. The maximum atomic E-state index is 13.4. The lowest BCUT2D eigenvalue weighted by atomic mass is 10.1. The Labute approximate surface area is 198 Å². The average molecular weight is 498 g/mol. The molecule has 0 saturated carbocycles. The van der Waals surface area contributed by atoms with Crippen LogP contribution < -0.4 is 15.4 Å². The number of carbonyl (C=O) groups excluding carboxylic acids is 1. The highest BCUT2D eigenvalue weighted by Gasteiger charge is 2.35. The SMILES string of the molecule is O=C(N[C@H]1CCN(S(=O)(=O)c2ccccc2OC2CCNCC2)C1)c1ccc(Cl)c(Cl)c1. The van der Waals surface area contributed by atoms with Gasteiger partial charge < -0.3 is 15.4 Å². The first kappa shape index (κ1) is 23.3. The Morgan fingerprint density at radius 1 is 1.06 bits per heavy atom. The topological polar surface area (TPSA) is 87.7 Å². The summed E-state index contributed by atoms with van der Waals surface area (Å²) in [5.41, 5.74) is 0.376. The Hall–Kier alpha value is -1.84. The van der Waals surface area contributed by atoms with Crippen LogP contribution in [0.1, 0.15) is 29.6 Å². The van der Waals surface area contributed by atoms with E-state index in [1.165, 1.54) is 10.4 Å². The van der Waals surface area contributed by atoms with Crippen molar-refractivity contribution in [3.63, 3.8) is 0 Å². The molecule has 2 heterocycles. The number of rotatable bonds is 6. The minimum Gasteiger partial charge on any atom is -0.489 e. The quantitative estimate of drug-likeness (QED) is 0.638. The summed E-state index contributed by atoms with van der Waals surface area (Å²) in [7, 11) is -3.76. The van der Waals surface area contributed by atoms with Crippen LogP contribution in [-0.2, 0) is 10.0 Å². The summed E-state index contributed by atoms with van der Waals surface area (Å²) in [4.78, 5) is 12.7. The molecule has 0 aromatic heterocycles. The molecule has 10 heteroatoms. The molecule has 2 aliphatic rings. The fourth-order valence-electron chi connectivity index (χ4n) is 3.96. The number of benzene rings is 2. The number of piperidine rings is 1. The number of para-hydroxylation sites is 1. The third kappa shape index (κ3) is 5.21. The smallest absolute Gasteiger partial charge is 0.251 e. The number of amides is 1. The van der Waals surface area contributed by atoms with Gasteiger partial charge in [0, 0.05) is 24.7 Å². The Balaban J connectivity index is 1.44. The van der Waals surface area contributed by atoms with Gasteiger partial charge in [-0.3, -0.25) is 4.79 Å². The van der Waals surface area contributed by atoms with Crippen LogP contribution >= 0.6 is 23.2 Å². The summed E-state index contributed by atoms with van der Waals surface area (Å²) in [6, 6.07) is 11.1. The Morgan fingerprint density at radius 3 is 2.56 bits per heavy atom. The molecule has 0 spiro atoms. The molecule has 0 bridgehead atoms. The highest BCUT2D eigenvalue weighted by Crippen LogP contribution is 2.30. The fraction of sp³-hybridized carbons (Fsp3) is 0.409. The van der Waals surface area contributed by atoms with E-state index in [1.54, 1.807) is 36.4 Å². The number of halogens is 2. The molecule has 1 amide bonds. The maximum absolute atomic E-state index is 13.4. The van der Waals surface area contributed by atoms with Crippen molar-refractivity contribution < 1.29 is 17.9 Å². The molecule has 2 saturated heterocycles. The molecule has 2 aliphatic heterocycles. The highest BCUT2D eigenvalue weighted by atomic mass is 35.5. The summed E-state index contributed by atoms with van der Waals surface area (Å²) in [6.45, 7) is 2.21. The van der Waals surface area contributed by atoms with Crippen molar-refractivity contribution in [2.45, 2.75) is 36.3 Å². The molecule has 172 valence electrons. The summed E-state index contributed by atoms with van der Waals surface area (Å²) >= 11 is 11.9. The van der Waals surface area contributed by atoms with Crippen molar-refractivity contribution in [3.05, 3.63) is 58.1 Å². The molecule has 1 atom stereocenters. The monoisotopic (exact) mass is 497 g/mol. The summed E-state index contributed by atoms with van der Waals surface area (Å²) in [5.74, 6) is 0.0603. The molecule has 4 rings (SSSR count). The largest absolute Gasteiger partial charge is 0.489 e. The second kappa shape index (κ2) is 9.97. The minimum atomic E-state index is -3.76. The van der Waals surface area contributed by atoms with Gasteiger partial charge in [0.1, 0.15) is 16.7 Å². The van der Waals surface area contributed by atoms with E-state index in [0.717, 1.165) is 25.9 Å². The van der Waals surface area contributed by atoms with Gasteiger partial charge in [0.05, 0.1) is 10.0 Å². The summed E-state index contributed by atoms with van der Waals surface area (Å²) in [6.07, 6.45) is 2.18. The number of sulfonamides is 1. The summed E-state index contributed by atoms with van der Waals surface area (Å²) in [5, 5.41) is 6.82. The number of ether oxygens (including phenoxy) is 1. The normalized spacial score (nSPS) is 20.2. The van der Waals surface area contributed by atoms with E-state index in [0.29, 0.717) is 34.3 Å². The van der Waals surface area contributed by atoms with E-state index < -0.39 is 10.0 Å². The predicted molar refractivity (Wildman–Crippen MR) is 124 cm³/mol. The van der Waals surface area contributed by atoms with Gasteiger partial charge in [-0.25, -0.2) is 8.42 Å². The van der Waals surface area contributed by atoms with E-state index >= 15 is 0 Å². The number of nitrogens with one attached hydrogen (secondary N) is 2. The van der Waals surface area contributed by atoms with E-state index in [-0.39, 0.29) is 29.5 Å². The van der Waals surface area contributed by atoms with Crippen molar-refractivity contribution in [2.24, 2.45) is 0 Å². The lowest BCUT2D eigenvalue weighted by molar-refractivity contribution is 0.0939. The van der Waals surface area contributed by atoms with Gasteiger partial charge in [-0.15, -0.1) is 0 Å². The van der Waals surface area contributed by atoms with Crippen molar-refractivity contribution in [2.75, 3.05) is 26.2 Å². The van der Waals surface area contributed by atoms with E-state index in [1.807, 2.05) is 0 Å². The standard InChI is InChI=1S/C22H25Cl2N3O4S/c23-18-6-5-15(13-19(18)24)22(28)26-16-9-12-27(14-16)32(29,30)21-4-2-1-3-20(21)31-17-7-10-25-11-8-17/h1-6,13,16-17,25H,7-12,14H2,(H,26,28)/t16-/m0/s1. The molecular formula is C22H25Cl2N3O4S. The zero-order valence-electron chi connectivity index (χ0n) is 17.4. The number of hydrogen-bond acceptors (Lipinski definition) is 5. The lowest BCUT2D eigenvalue weighted by Gasteiger charge is -2.26. The molecule has 32 heavy (non-hydrogen) atoms. The molecule has 0 radical (unpaired) electrons. The first-order valence-corrected chi connectivity index (χ1v) is 12.8. The van der Waals surface area contributed by atoms with Gasteiger partial charge in [-0.1, -0.05) is 35.3 Å². The van der Waals surface area contributed by atoms with Gasteiger partial charge in [0.2, 0.25) is 10.0 Å². The van der Waals surface area contributed by atoms with Crippen molar-refractivity contribution in [1.29, 1.82) is 0 Å². The van der Waals surface area contributed by atoms with Crippen LogP contribution in [0.5, 0.6) is 5.75 Å². The molecule has 0 unspecified atom stereocenters. The van der Waals surface area contributed by atoms with Crippen LogP contribution in [0.2, 0.25) is 10.0 Å². The number of nitrogens with zero attached hydrogens (tertiary/aromatic N) is 1. The van der Waals surface area contributed by atoms with Crippen molar-refractivity contribution >= 4 is 39.1 Å². The minimum absolute atomic E-state index is 0.00980. The molecule has 2 aromatic rings. The van der Waals surface area contributed by atoms with Crippen molar-refractivity contribution in [3.8, 4) is 5.75 Å². The second-order valence-corrected chi connectivity index (χ2v) is 10.7. The van der Waals surface area contributed by atoms with Crippen LogP contribution in [0.3, 0.4) is 0 Å². The van der Waals surface area contributed by atoms with E-state index in [9.17, 15) is 13.2 Å². The molecule has 0 aliphatic carbocycles. The van der Waals surface area contributed by atoms with Gasteiger partial charge in [-0.05, 0) is 62.7 Å². The third-order valence-corrected chi connectivity index (χ3v) is 8.36. The Kier molecular flexibility index (Phi) is 7.27.